The number of pyridine rings is 1. The number of hydrogen-bond donors (Lipinski definition) is 1. The lowest BCUT2D eigenvalue weighted by Crippen LogP contribution is -3.00. The first kappa shape index (κ1) is 15.7. The third-order valence-electron chi connectivity index (χ3n) is 2.47. The molecule has 0 aromatic carbocycles. The smallest absolute Gasteiger partial charge is 0.0700 e. The minimum atomic E-state index is 0. The van der Waals surface area contributed by atoms with Gasteiger partial charge >= 0.3 is 0 Å². The van der Waals surface area contributed by atoms with Crippen LogP contribution in [0.1, 0.15) is 18.4 Å². The highest BCUT2D eigenvalue weighted by molar-refractivity contribution is 5.08. The van der Waals surface area contributed by atoms with Crippen LogP contribution in [0.2, 0.25) is 0 Å². The summed E-state index contributed by atoms with van der Waals surface area (Å²) in [5.41, 5.74) is 1.28. The fraction of sp³-hybridized carbons (Fsp3) is 0.545. The van der Waals surface area contributed by atoms with Gasteiger partial charge in [-0.1, -0.05) is 0 Å². The maximum atomic E-state index is 5.52. The summed E-state index contributed by atoms with van der Waals surface area (Å²) in [5, 5.41) is 3.39. The van der Waals surface area contributed by atoms with E-state index in [1.807, 2.05) is 24.5 Å². The van der Waals surface area contributed by atoms with Gasteiger partial charge < -0.3 is 34.9 Å². The SMILES string of the molecule is [Cl-].[Cl-].c1cc(CNCC2CCCO2)ccn1. The molecule has 1 aromatic heterocycles. The highest BCUT2D eigenvalue weighted by Gasteiger charge is 2.14. The van der Waals surface area contributed by atoms with Crippen molar-refractivity contribution in [1.29, 1.82) is 0 Å². The normalized spacial score (nSPS) is 18.6. The predicted molar refractivity (Wildman–Crippen MR) is 54.9 cm³/mol. The Bertz CT molecular complexity index is 266. The van der Waals surface area contributed by atoms with Crippen molar-refractivity contribution in [1.82, 2.24) is 10.3 Å². The van der Waals surface area contributed by atoms with Crippen LogP contribution < -0.4 is 30.1 Å². The molecule has 16 heavy (non-hydrogen) atoms. The first-order valence-electron chi connectivity index (χ1n) is 5.16. The van der Waals surface area contributed by atoms with Crippen LogP contribution in [0.3, 0.4) is 0 Å². The highest BCUT2D eigenvalue weighted by Crippen LogP contribution is 2.10. The average molecular weight is 263 g/mol. The predicted octanol–water partition coefficient (Wildman–Crippen LogP) is -4.64. The van der Waals surface area contributed by atoms with Crippen molar-refractivity contribution in [2.75, 3.05) is 13.2 Å². The molecule has 0 aliphatic carbocycles. The second kappa shape index (κ2) is 8.76. The molecule has 3 nitrogen and oxygen atoms in total. The van der Waals surface area contributed by atoms with Gasteiger partial charge in [0.15, 0.2) is 0 Å². The van der Waals surface area contributed by atoms with Gasteiger partial charge in [0.25, 0.3) is 0 Å². The second-order valence-electron chi connectivity index (χ2n) is 3.62. The molecule has 5 heteroatoms. The molecule has 2 heterocycles. The zero-order valence-corrected chi connectivity index (χ0v) is 10.5. The van der Waals surface area contributed by atoms with E-state index in [1.165, 1.54) is 18.4 Å². The summed E-state index contributed by atoms with van der Waals surface area (Å²) in [6, 6.07) is 4.06. The van der Waals surface area contributed by atoms with Crippen molar-refractivity contribution in [3.05, 3.63) is 30.1 Å². The van der Waals surface area contributed by atoms with Crippen LogP contribution in [0, 0.1) is 0 Å². The Morgan fingerprint density at radius 2 is 2.06 bits per heavy atom. The van der Waals surface area contributed by atoms with E-state index in [0.29, 0.717) is 6.10 Å². The lowest BCUT2D eigenvalue weighted by molar-refractivity contribution is -0.00100. The number of rotatable bonds is 4. The van der Waals surface area contributed by atoms with Gasteiger partial charge in [0, 0.05) is 32.1 Å². The fourth-order valence-electron chi connectivity index (χ4n) is 1.68. The number of ether oxygens (including phenoxy) is 1. The first-order chi connectivity index (χ1) is 6.95. The van der Waals surface area contributed by atoms with Gasteiger partial charge in [-0.15, -0.1) is 0 Å². The van der Waals surface area contributed by atoms with Crippen molar-refractivity contribution in [2.45, 2.75) is 25.5 Å². The Labute approximate surface area is 109 Å². The Kier molecular flexibility index (Phi) is 8.57. The van der Waals surface area contributed by atoms with E-state index in [1.54, 1.807) is 0 Å². The van der Waals surface area contributed by atoms with Gasteiger partial charge in [-0.05, 0) is 30.5 Å². The van der Waals surface area contributed by atoms with Gasteiger partial charge in [0.1, 0.15) is 0 Å². The molecule has 0 spiro atoms. The average Bonchev–Trinajstić information content (AvgIpc) is 2.72. The van der Waals surface area contributed by atoms with Gasteiger partial charge in [-0.3, -0.25) is 4.98 Å². The van der Waals surface area contributed by atoms with E-state index in [0.717, 1.165) is 19.7 Å². The third kappa shape index (κ3) is 5.12. The summed E-state index contributed by atoms with van der Waals surface area (Å²) in [6.45, 7) is 2.80. The molecule has 92 valence electrons. The third-order valence-corrected chi connectivity index (χ3v) is 2.47. The molecular weight excluding hydrogens is 247 g/mol. The topological polar surface area (TPSA) is 34.1 Å². The maximum absolute atomic E-state index is 5.52. The molecule has 1 atom stereocenters. The van der Waals surface area contributed by atoms with E-state index >= 15 is 0 Å². The summed E-state index contributed by atoms with van der Waals surface area (Å²) in [6.07, 6.45) is 6.48. The zero-order chi connectivity index (χ0) is 9.64. The first-order valence-corrected chi connectivity index (χ1v) is 5.16. The molecule has 0 saturated carbocycles. The number of nitrogens with zero attached hydrogens (tertiary/aromatic N) is 1. The maximum Gasteiger partial charge on any atom is 0.0700 e. The molecule has 1 aliphatic rings. The number of aromatic nitrogens is 1. The van der Waals surface area contributed by atoms with Gasteiger partial charge in [0.05, 0.1) is 6.10 Å². The van der Waals surface area contributed by atoms with Crippen molar-refractivity contribution in [3.63, 3.8) is 0 Å². The summed E-state index contributed by atoms with van der Waals surface area (Å²) in [5.74, 6) is 0. The van der Waals surface area contributed by atoms with Crippen molar-refractivity contribution in [2.24, 2.45) is 0 Å². The Morgan fingerprint density at radius 1 is 1.31 bits per heavy atom. The van der Waals surface area contributed by atoms with Crippen molar-refractivity contribution < 1.29 is 29.6 Å². The lowest BCUT2D eigenvalue weighted by Gasteiger charge is -2.10. The van der Waals surface area contributed by atoms with Gasteiger partial charge in [-0.2, -0.15) is 0 Å². The van der Waals surface area contributed by atoms with E-state index in [2.05, 4.69) is 10.3 Å². The summed E-state index contributed by atoms with van der Waals surface area (Å²) in [7, 11) is 0. The highest BCUT2D eigenvalue weighted by atomic mass is 35.5. The molecule has 1 fully saturated rings. The van der Waals surface area contributed by atoms with E-state index < -0.39 is 0 Å². The van der Waals surface area contributed by atoms with Crippen LogP contribution >= 0.6 is 0 Å². The molecule has 2 rings (SSSR count). The van der Waals surface area contributed by atoms with Gasteiger partial charge in [0.2, 0.25) is 0 Å². The molecule has 1 N–H and O–H groups in total. The summed E-state index contributed by atoms with van der Waals surface area (Å²) < 4.78 is 5.52. The molecular formula is C11H16Cl2N2O-2. The summed E-state index contributed by atoms with van der Waals surface area (Å²) in [4.78, 5) is 3.98. The largest absolute Gasteiger partial charge is 1.00 e. The van der Waals surface area contributed by atoms with Gasteiger partial charge in [-0.25, -0.2) is 0 Å². The fourth-order valence-corrected chi connectivity index (χ4v) is 1.68. The van der Waals surface area contributed by atoms with Crippen LogP contribution in [0.15, 0.2) is 24.5 Å². The van der Waals surface area contributed by atoms with E-state index in [-0.39, 0.29) is 24.8 Å². The van der Waals surface area contributed by atoms with Crippen molar-refractivity contribution in [3.8, 4) is 0 Å². The van der Waals surface area contributed by atoms with Crippen LogP contribution in [-0.2, 0) is 11.3 Å². The molecule has 1 unspecified atom stereocenters. The summed E-state index contributed by atoms with van der Waals surface area (Å²) >= 11 is 0. The monoisotopic (exact) mass is 262 g/mol. The number of hydrogen-bond acceptors (Lipinski definition) is 3. The van der Waals surface area contributed by atoms with Crippen LogP contribution in [-0.4, -0.2) is 24.2 Å². The zero-order valence-electron chi connectivity index (χ0n) is 9.03. The quantitative estimate of drug-likeness (QED) is 0.593. The number of nitrogens with one attached hydrogen (secondary N) is 1. The van der Waals surface area contributed by atoms with Crippen molar-refractivity contribution >= 4 is 0 Å². The number of halogens is 2. The lowest BCUT2D eigenvalue weighted by atomic mass is 10.2. The second-order valence-corrected chi connectivity index (χ2v) is 3.62. The molecule has 0 radical (unpaired) electrons. The Hall–Kier alpha value is -0.350. The molecule has 1 aromatic rings. The molecule has 1 saturated heterocycles. The standard InChI is InChI=1S/C11H16N2O.2ClH/c1-2-11(14-7-1)9-13-8-10-3-5-12-6-4-10;;/h3-6,11,13H,1-2,7-9H2;2*1H/p-2. The Balaban J connectivity index is 0.00000112. The Morgan fingerprint density at radius 3 is 2.69 bits per heavy atom. The minimum Gasteiger partial charge on any atom is -1.00 e. The molecule has 0 bridgehead atoms. The van der Waals surface area contributed by atoms with Crippen LogP contribution in [0.25, 0.3) is 0 Å². The van der Waals surface area contributed by atoms with E-state index in [9.17, 15) is 0 Å². The van der Waals surface area contributed by atoms with Crippen LogP contribution in [0.5, 0.6) is 0 Å². The van der Waals surface area contributed by atoms with Crippen LogP contribution in [0.4, 0.5) is 0 Å². The molecule has 0 amide bonds. The minimum absolute atomic E-state index is 0. The van der Waals surface area contributed by atoms with E-state index in [4.69, 9.17) is 4.74 Å². The molecule has 1 aliphatic heterocycles.